The first-order chi connectivity index (χ1) is 7.65. The average molecular weight is 265 g/mol. The van der Waals surface area contributed by atoms with E-state index in [1.54, 1.807) is 0 Å². The summed E-state index contributed by atoms with van der Waals surface area (Å²) in [5, 5.41) is 0.379. The SMILES string of the molecule is CC1CCC(OC2CCC(Cl)CC2Cl)CC1. The molecule has 2 saturated carbocycles. The summed E-state index contributed by atoms with van der Waals surface area (Å²) in [4.78, 5) is 0. The van der Waals surface area contributed by atoms with Gasteiger partial charge in [-0.3, -0.25) is 0 Å². The van der Waals surface area contributed by atoms with Crippen molar-refractivity contribution in [1.29, 1.82) is 0 Å². The molecule has 0 N–H and O–H groups in total. The van der Waals surface area contributed by atoms with E-state index in [0.29, 0.717) is 6.10 Å². The standard InChI is InChI=1S/C13H22Cl2O/c1-9-2-5-11(6-3-9)16-13-7-4-10(14)8-12(13)15/h9-13H,2-8H2,1H3. The first kappa shape index (κ1) is 13.0. The molecule has 2 aliphatic carbocycles. The van der Waals surface area contributed by atoms with Crippen LogP contribution in [0.5, 0.6) is 0 Å². The van der Waals surface area contributed by atoms with E-state index >= 15 is 0 Å². The van der Waals surface area contributed by atoms with Crippen LogP contribution in [0.15, 0.2) is 0 Å². The van der Waals surface area contributed by atoms with Crippen LogP contribution in [0.4, 0.5) is 0 Å². The van der Waals surface area contributed by atoms with Gasteiger partial charge < -0.3 is 4.74 Å². The van der Waals surface area contributed by atoms with Crippen molar-refractivity contribution in [3.05, 3.63) is 0 Å². The second kappa shape index (κ2) is 5.93. The minimum atomic E-state index is 0.121. The van der Waals surface area contributed by atoms with Crippen LogP contribution in [-0.2, 0) is 4.74 Å². The third kappa shape index (κ3) is 3.51. The molecule has 0 bridgehead atoms. The number of ether oxygens (including phenoxy) is 1. The van der Waals surface area contributed by atoms with Crippen LogP contribution in [0.1, 0.15) is 51.9 Å². The molecular weight excluding hydrogens is 243 g/mol. The van der Waals surface area contributed by atoms with Crippen LogP contribution >= 0.6 is 23.2 Å². The topological polar surface area (TPSA) is 9.23 Å². The molecular formula is C13H22Cl2O. The molecule has 0 aromatic carbocycles. The quantitative estimate of drug-likeness (QED) is 0.674. The van der Waals surface area contributed by atoms with Crippen molar-refractivity contribution in [2.24, 2.45) is 5.92 Å². The highest BCUT2D eigenvalue weighted by atomic mass is 35.5. The van der Waals surface area contributed by atoms with Gasteiger partial charge in [0.1, 0.15) is 0 Å². The van der Waals surface area contributed by atoms with E-state index in [2.05, 4.69) is 6.92 Å². The fraction of sp³-hybridized carbons (Fsp3) is 1.00. The fourth-order valence-corrected chi connectivity index (χ4v) is 3.62. The van der Waals surface area contributed by atoms with E-state index in [-0.39, 0.29) is 16.9 Å². The molecule has 0 aromatic rings. The minimum Gasteiger partial charge on any atom is -0.373 e. The third-order valence-corrected chi connectivity index (χ3v) is 4.83. The maximum atomic E-state index is 6.32. The van der Waals surface area contributed by atoms with Crippen LogP contribution in [0.3, 0.4) is 0 Å². The molecule has 0 heterocycles. The summed E-state index contributed by atoms with van der Waals surface area (Å²) in [5.41, 5.74) is 0. The highest BCUT2D eigenvalue weighted by Gasteiger charge is 2.31. The van der Waals surface area contributed by atoms with Gasteiger partial charge in [-0.2, -0.15) is 0 Å². The maximum Gasteiger partial charge on any atom is 0.0743 e. The Hall–Kier alpha value is 0.540. The first-order valence-corrected chi connectivity index (χ1v) is 7.46. The molecule has 0 saturated heterocycles. The normalized spacial score (nSPS) is 45.6. The van der Waals surface area contributed by atoms with Crippen molar-refractivity contribution in [3.8, 4) is 0 Å². The van der Waals surface area contributed by atoms with Gasteiger partial charge in [-0.1, -0.05) is 6.92 Å². The molecule has 94 valence electrons. The maximum absolute atomic E-state index is 6.32. The zero-order valence-corrected chi connectivity index (χ0v) is 11.5. The summed E-state index contributed by atoms with van der Waals surface area (Å²) in [5.74, 6) is 0.880. The van der Waals surface area contributed by atoms with Crippen molar-refractivity contribution in [2.75, 3.05) is 0 Å². The van der Waals surface area contributed by atoms with E-state index in [1.165, 1.54) is 25.7 Å². The highest BCUT2D eigenvalue weighted by molar-refractivity contribution is 6.24. The zero-order valence-electron chi connectivity index (χ0n) is 10.0. The predicted octanol–water partition coefficient (Wildman–Crippen LogP) is 4.35. The van der Waals surface area contributed by atoms with E-state index < -0.39 is 0 Å². The Morgan fingerprint density at radius 1 is 0.938 bits per heavy atom. The van der Waals surface area contributed by atoms with Crippen molar-refractivity contribution in [2.45, 2.75) is 74.8 Å². The van der Waals surface area contributed by atoms with Crippen LogP contribution in [0.25, 0.3) is 0 Å². The Morgan fingerprint density at radius 3 is 2.25 bits per heavy atom. The largest absolute Gasteiger partial charge is 0.373 e. The van der Waals surface area contributed by atoms with Crippen molar-refractivity contribution < 1.29 is 4.74 Å². The van der Waals surface area contributed by atoms with Crippen LogP contribution in [-0.4, -0.2) is 23.0 Å². The molecule has 2 fully saturated rings. The summed E-state index contributed by atoms with van der Waals surface area (Å²) in [7, 11) is 0. The first-order valence-electron chi connectivity index (χ1n) is 6.58. The van der Waals surface area contributed by atoms with Gasteiger partial charge in [-0.25, -0.2) is 0 Å². The summed E-state index contributed by atoms with van der Waals surface area (Å²) < 4.78 is 6.15. The molecule has 16 heavy (non-hydrogen) atoms. The zero-order chi connectivity index (χ0) is 11.5. The van der Waals surface area contributed by atoms with E-state index in [9.17, 15) is 0 Å². The molecule has 0 amide bonds. The third-order valence-electron chi connectivity index (χ3n) is 3.98. The van der Waals surface area contributed by atoms with Gasteiger partial charge in [0.05, 0.1) is 17.6 Å². The highest BCUT2D eigenvalue weighted by Crippen LogP contribution is 2.33. The Morgan fingerprint density at radius 2 is 1.62 bits per heavy atom. The lowest BCUT2D eigenvalue weighted by molar-refractivity contribution is -0.0474. The monoisotopic (exact) mass is 264 g/mol. The Bertz CT molecular complexity index is 214. The van der Waals surface area contributed by atoms with Crippen molar-refractivity contribution in [1.82, 2.24) is 0 Å². The lowest BCUT2D eigenvalue weighted by Gasteiger charge is -2.35. The van der Waals surface area contributed by atoms with Gasteiger partial charge in [0, 0.05) is 5.38 Å². The van der Waals surface area contributed by atoms with Crippen LogP contribution in [0.2, 0.25) is 0 Å². The molecule has 3 atom stereocenters. The number of halogens is 2. The minimum absolute atomic E-state index is 0.121. The number of hydrogen-bond donors (Lipinski definition) is 0. The number of rotatable bonds is 2. The smallest absolute Gasteiger partial charge is 0.0743 e. The summed E-state index contributed by atoms with van der Waals surface area (Å²) >= 11 is 12.4. The fourth-order valence-electron chi connectivity index (χ4n) is 2.81. The second-order valence-corrected chi connectivity index (χ2v) is 6.66. The van der Waals surface area contributed by atoms with Gasteiger partial charge in [-0.05, 0) is 50.9 Å². The molecule has 0 spiro atoms. The summed E-state index contributed by atoms with van der Waals surface area (Å²) in [6.45, 7) is 2.33. The van der Waals surface area contributed by atoms with Crippen LogP contribution in [0, 0.1) is 5.92 Å². The second-order valence-electron chi connectivity index (χ2n) is 5.48. The molecule has 1 nitrogen and oxygen atoms in total. The van der Waals surface area contributed by atoms with E-state index in [4.69, 9.17) is 27.9 Å². The Balaban J connectivity index is 1.76. The molecule has 2 rings (SSSR count). The van der Waals surface area contributed by atoms with Crippen molar-refractivity contribution >= 4 is 23.2 Å². The van der Waals surface area contributed by atoms with E-state index in [1.807, 2.05) is 0 Å². The lowest BCUT2D eigenvalue weighted by Crippen LogP contribution is -2.36. The Kier molecular flexibility index (Phi) is 4.81. The lowest BCUT2D eigenvalue weighted by atomic mass is 9.88. The summed E-state index contributed by atoms with van der Waals surface area (Å²) in [6, 6.07) is 0. The summed E-state index contributed by atoms with van der Waals surface area (Å²) in [6.07, 6.45) is 8.73. The van der Waals surface area contributed by atoms with Crippen LogP contribution < -0.4 is 0 Å². The number of alkyl halides is 2. The Labute approximate surface area is 109 Å². The molecule has 0 radical (unpaired) electrons. The number of hydrogen-bond acceptors (Lipinski definition) is 1. The van der Waals surface area contributed by atoms with Gasteiger partial charge in [-0.15, -0.1) is 23.2 Å². The predicted molar refractivity (Wildman–Crippen MR) is 69.4 cm³/mol. The van der Waals surface area contributed by atoms with Gasteiger partial charge >= 0.3 is 0 Å². The molecule has 0 aromatic heterocycles. The van der Waals surface area contributed by atoms with Crippen molar-refractivity contribution in [3.63, 3.8) is 0 Å². The molecule has 3 unspecified atom stereocenters. The van der Waals surface area contributed by atoms with Gasteiger partial charge in [0.15, 0.2) is 0 Å². The molecule has 2 aliphatic rings. The van der Waals surface area contributed by atoms with E-state index in [0.717, 1.165) is 25.2 Å². The average Bonchev–Trinajstić information content (AvgIpc) is 2.25. The van der Waals surface area contributed by atoms with Gasteiger partial charge in [0.25, 0.3) is 0 Å². The van der Waals surface area contributed by atoms with Gasteiger partial charge in [0.2, 0.25) is 0 Å². The molecule has 0 aliphatic heterocycles. The molecule has 3 heteroatoms.